The van der Waals surface area contributed by atoms with Crippen LogP contribution in [0.1, 0.15) is 21.7 Å². The Morgan fingerprint density at radius 3 is 2.79 bits per heavy atom. The predicted molar refractivity (Wildman–Crippen MR) is 71.7 cm³/mol. The third-order valence-electron chi connectivity index (χ3n) is 2.55. The van der Waals surface area contributed by atoms with Crippen molar-refractivity contribution in [3.63, 3.8) is 0 Å². The van der Waals surface area contributed by atoms with Gasteiger partial charge in [0.15, 0.2) is 0 Å². The second-order valence-corrected chi connectivity index (χ2v) is 4.03. The second-order valence-electron chi connectivity index (χ2n) is 4.03. The molecular formula is C13H15N5O. The summed E-state index contributed by atoms with van der Waals surface area (Å²) in [7, 11) is 1.73. The standard InChI is InChI=1S/C13H15N5O/c1-9-3-4-10(5-16-9)6-17-13(19)11-7-15-8-12(14-2)18-11/h3-5,7-8H,6H2,1-2H3,(H,14,18)(H,17,19). The number of aryl methyl sites for hydroxylation is 1. The molecular weight excluding hydrogens is 242 g/mol. The van der Waals surface area contributed by atoms with Gasteiger partial charge in [0.1, 0.15) is 11.5 Å². The Morgan fingerprint density at radius 1 is 1.26 bits per heavy atom. The van der Waals surface area contributed by atoms with Crippen LogP contribution in [0.2, 0.25) is 0 Å². The van der Waals surface area contributed by atoms with Crippen LogP contribution in [0.5, 0.6) is 0 Å². The molecule has 2 N–H and O–H groups in total. The Balaban J connectivity index is 1.99. The highest BCUT2D eigenvalue weighted by Gasteiger charge is 2.08. The highest BCUT2D eigenvalue weighted by atomic mass is 16.1. The van der Waals surface area contributed by atoms with E-state index in [9.17, 15) is 4.79 Å². The molecule has 2 aromatic rings. The number of hydrogen-bond acceptors (Lipinski definition) is 5. The smallest absolute Gasteiger partial charge is 0.271 e. The summed E-state index contributed by atoms with van der Waals surface area (Å²) in [5, 5.41) is 5.62. The van der Waals surface area contributed by atoms with Gasteiger partial charge in [-0.3, -0.25) is 14.8 Å². The molecule has 0 spiro atoms. The van der Waals surface area contributed by atoms with Crippen molar-refractivity contribution < 1.29 is 4.79 Å². The number of amides is 1. The molecule has 0 aliphatic rings. The van der Waals surface area contributed by atoms with Crippen LogP contribution in [0.25, 0.3) is 0 Å². The lowest BCUT2D eigenvalue weighted by Gasteiger charge is -2.05. The van der Waals surface area contributed by atoms with E-state index in [1.54, 1.807) is 19.4 Å². The summed E-state index contributed by atoms with van der Waals surface area (Å²) in [6.45, 7) is 2.33. The van der Waals surface area contributed by atoms with E-state index in [0.717, 1.165) is 11.3 Å². The number of aromatic nitrogens is 3. The predicted octanol–water partition coefficient (Wildman–Crippen LogP) is 1.15. The maximum absolute atomic E-state index is 11.9. The molecule has 0 radical (unpaired) electrons. The third-order valence-corrected chi connectivity index (χ3v) is 2.55. The summed E-state index contributed by atoms with van der Waals surface area (Å²) >= 11 is 0. The Labute approximate surface area is 111 Å². The van der Waals surface area contributed by atoms with E-state index >= 15 is 0 Å². The molecule has 0 saturated carbocycles. The molecule has 0 unspecified atom stereocenters. The van der Waals surface area contributed by atoms with Crippen LogP contribution in [-0.2, 0) is 6.54 Å². The number of hydrogen-bond donors (Lipinski definition) is 2. The van der Waals surface area contributed by atoms with Gasteiger partial charge in [-0.15, -0.1) is 0 Å². The highest BCUT2D eigenvalue weighted by molar-refractivity contribution is 5.92. The minimum Gasteiger partial charge on any atom is -0.372 e. The molecule has 1 amide bonds. The molecule has 98 valence electrons. The fourth-order valence-corrected chi connectivity index (χ4v) is 1.47. The van der Waals surface area contributed by atoms with Crippen molar-refractivity contribution >= 4 is 11.7 Å². The summed E-state index contributed by atoms with van der Waals surface area (Å²) in [4.78, 5) is 24.1. The number of carbonyl (C=O) groups is 1. The van der Waals surface area contributed by atoms with E-state index in [-0.39, 0.29) is 11.6 Å². The molecule has 0 fully saturated rings. The maximum atomic E-state index is 11.9. The number of nitrogens with zero attached hydrogens (tertiary/aromatic N) is 3. The number of pyridine rings is 1. The lowest BCUT2D eigenvalue weighted by molar-refractivity contribution is 0.0945. The minimum absolute atomic E-state index is 0.259. The van der Waals surface area contributed by atoms with Gasteiger partial charge in [-0.2, -0.15) is 0 Å². The van der Waals surface area contributed by atoms with E-state index in [4.69, 9.17) is 0 Å². The number of nitrogens with one attached hydrogen (secondary N) is 2. The molecule has 2 aromatic heterocycles. The van der Waals surface area contributed by atoms with Crippen LogP contribution in [0, 0.1) is 6.92 Å². The van der Waals surface area contributed by atoms with Gasteiger partial charge in [0.05, 0.1) is 12.4 Å². The third kappa shape index (κ3) is 3.48. The first-order chi connectivity index (χ1) is 9.19. The van der Waals surface area contributed by atoms with E-state index in [1.807, 2.05) is 19.1 Å². The molecule has 0 aliphatic carbocycles. The summed E-state index contributed by atoms with van der Waals surface area (Å²) < 4.78 is 0. The van der Waals surface area contributed by atoms with Gasteiger partial charge in [0.25, 0.3) is 5.91 Å². The van der Waals surface area contributed by atoms with Gasteiger partial charge in [0.2, 0.25) is 0 Å². The maximum Gasteiger partial charge on any atom is 0.271 e. The zero-order valence-corrected chi connectivity index (χ0v) is 10.8. The van der Waals surface area contributed by atoms with E-state index in [1.165, 1.54) is 6.20 Å². The number of anilines is 1. The van der Waals surface area contributed by atoms with E-state index < -0.39 is 0 Å². The van der Waals surface area contributed by atoms with Crippen LogP contribution in [0.15, 0.2) is 30.7 Å². The molecule has 0 atom stereocenters. The van der Waals surface area contributed by atoms with Crippen molar-refractivity contribution in [3.8, 4) is 0 Å². The van der Waals surface area contributed by atoms with Crippen LogP contribution >= 0.6 is 0 Å². The van der Waals surface area contributed by atoms with E-state index in [0.29, 0.717) is 12.4 Å². The fraction of sp³-hybridized carbons (Fsp3) is 0.231. The van der Waals surface area contributed by atoms with Gasteiger partial charge in [0, 0.05) is 25.5 Å². The lowest BCUT2D eigenvalue weighted by Crippen LogP contribution is -2.24. The first-order valence-electron chi connectivity index (χ1n) is 5.88. The molecule has 19 heavy (non-hydrogen) atoms. The van der Waals surface area contributed by atoms with Crippen molar-refractivity contribution in [1.82, 2.24) is 20.3 Å². The van der Waals surface area contributed by atoms with Gasteiger partial charge in [-0.05, 0) is 18.6 Å². The fourth-order valence-electron chi connectivity index (χ4n) is 1.47. The molecule has 6 heteroatoms. The van der Waals surface area contributed by atoms with Crippen LogP contribution in [-0.4, -0.2) is 27.9 Å². The van der Waals surface area contributed by atoms with Gasteiger partial charge in [-0.1, -0.05) is 6.07 Å². The van der Waals surface area contributed by atoms with Crippen molar-refractivity contribution in [3.05, 3.63) is 47.7 Å². The monoisotopic (exact) mass is 257 g/mol. The van der Waals surface area contributed by atoms with Crippen molar-refractivity contribution in [2.75, 3.05) is 12.4 Å². The number of carbonyl (C=O) groups excluding carboxylic acids is 1. The van der Waals surface area contributed by atoms with Crippen LogP contribution < -0.4 is 10.6 Å². The summed E-state index contributed by atoms with van der Waals surface area (Å²) in [5.74, 6) is 0.301. The highest BCUT2D eigenvalue weighted by Crippen LogP contribution is 2.02. The van der Waals surface area contributed by atoms with E-state index in [2.05, 4.69) is 25.6 Å². The normalized spacial score (nSPS) is 10.0. The average Bonchev–Trinajstić information content (AvgIpc) is 2.46. The molecule has 0 bridgehead atoms. The summed E-state index contributed by atoms with van der Waals surface area (Å²) in [6, 6.07) is 3.83. The van der Waals surface area contributed by atoms with Crippen LogP contribution in [0.4, 0.5) is 5.82 Å². The Hall–Kier alpha value is -2.50. The number of rotatable bonds is 4. The molecule has 6 nitrogen and oxygen atoms in total. The van der Waals surface area contributed by atoms with Crippen molar-refractivity contribution in [2.24, 2.45) is 0 Å². The lowest BCUT2D eigenvalue weighted by atomic mass is 10.2. The van der Waals surface area contributed by atoms with Crippen LogP contribution in [0.3, 0.4) is 0 Å². The van der Waals surface area contributed by atoms with Gasteiger partial charge >= 0.3 is 0 Å². The Bertz CT molecular complexity index is 568. The Kier molecular flexibility index (Phi) is 4.02. The first kappa shape index (κ1) is 12.9. The van der Waals surface area contributed by atoms with Crippen molar-refractivity contribution in [2.45, 2.75) is 13.5 Å². The largest absolute Gasteiger partial charge is 0.372 e. The Morgan fingerprint density at radius 2 is 2.11 bits per heavy atom. The second kappa shape index (κ2) is 5.90. The quantitative estimate of drug-likeness (QED) is 0.859. The minimum atomic E-state index is -0.259. The SMILES string of the molecule is CNc1cncc(C(=O)NCc2ccc(C)nc2)n1. The molecule has 0 aromatic carbocycles. The summed E-state index contributed by atoms with van der Waals surface area (Å²) in [5.41, 5.74) is 2.17. The zero-order chi connectivity index (χ0) is 13.7. The average molecular weight is 257 g/mol. The molecule has 2 heterocycles. The molecule has 0 saturated heterocycles. The van der Waals surface area contributed by atoms with Gasteiger partial charge in [-0.25, -0.2) is 4.98 Å². The van der Waals surface area contributed by atoms with Crippen molar-refractivity contribution in [1.29, 1.82) is 0 Å². The molecule has 0 aliphatic heterocycles. The summed E-state index contributed by atoms with van der Waals surface area (Å²) in [6.07, 6.45) is 4.73. The zero-order valence-electron chi connectivity index (χ0n) is 10.8. The topological polar surface area (TPSA) is 79.8 Å². The van der Waals surface area contributed by atoms with Gasteiger partial charge < -0.3 is 10.6 Å². The first-order valence-corrected chi connectivity index (χ1v) is 5.88. The molecule has 2 rings (SSSR count).